The first-order chi connectivity index (χ1) is 21.0. The maximum absolute atomic E-state index is 13.1. The molecule has 14 heteroatoms. The van der Waals surface area contributed by atoms with Gasteiger partial charge in [0.1, 0.15) is 11.6 Å². The molecule has 1 atom stereocenters. The van der Waals surface area contributed by atoms with Gasteiger partial charge in [-0.25, -0.2) is 4.79 Å². The van der Waals surface area contributed by atoms with Crippen LogP contribution in [0.4, 0.5) is 10.5 Å². The van der Waals surface area contributed by atoms with Gasteiger partial charge in [0.2, 0.25) is 11.8 Å². The molecule has 5 amide bonds. The molecule has 3 heterocycles. The fourth-order valence-corrected chi connectivity index (χ4v) is 5.14. The number of carbonyl (C=O) groups excluding carboxylic acids is 5. The third-order valence-electron chi connectivity index (χ3n) is 7.35. The van der Waals surface area contributed by atoms with E-state index in [0.29, 0.717) is 65.0 Å². The summed E-state index contributed by atoms with van der Waals surface area (Å²) in [7, 11) is 0. The lowest BCUT2D eigenvalue weighted by Gasteiger charge is -2.35. The van der Waals surface area contributed by atoms with E-state index in [9.17, 15) is 24.0 Å². The highest BCUT2D eigenvalue weighted by Gasteiger charge is 2.45. The summed E-state index contributed by atoms with van der Waals surface area (Å²) in [5.41, 5.74) is 0.433. The number of carbonyl (C=O) groups is 5. The summed E-state index contributed by atoms with van der Waals surface area (Å²) in [4.78, 5) is 66.9. The number of nitrogens with zero attached hydrogens (tertiary/aromatic N) is 3. The van der Waals surface area contributed by atoms with Crippen LogP contribution in [0.1, 0.15) is 54.3 Å². The van der Waals surface area contributed by atoms with Crippen LogP contribution in [0.15, 0.2) is 18.2 Å². The van der Waals surface area contributed by atoms with Gasteiger partial charge in [-0.15, -0.1) is 0 Å². The van der Waals surface area contributed by atoms with E-state index in [2.05, 4.69) is 15.5 Å². The van der Waals surface area contributed by atoms with Gasteiger partial charge in [-0.05, 0) is 39.3 Å². The Morgan fingerprint density at radius 2 is 1.57 bits per heavy atom. The minimum absolute atomic E-state index is 0.0701. The number of amides is 5. The summed E-state index contributed by atoms with van der Waals surface area (Å²) < 4.78 is 22.3. The van der Waals surface area contributed by atoms with Gasteiger partial charge in [-0.1, -0.05) is 6.07 Å². The lowest BCUT2D eigenvalue weighted by atomic mass is 10.0. The van der Waals surface area contributed by atoms with E-state index in [1.807, 2.05) is 20.8 Å². The highest BCUT2D eigenvalue weighted by Crippen LogP contribution is 2.32. The Kier molecular flexibility index (Phi) is 11.7. The number of hydrogen-bond donors (Lipinski definition) is 2. The van der Waals surface area contributed by atoms with Crippen LogP contribution in [-0.2, 0) is 28.5 Å². The van der Waals surface area contributed by atoms with Crippen molar-refractivity contribution in [2.24, 2.45) is 0 Å². The Balaban J connectivity index is 1.03. The number of piperazine rings is 1. The zero-order valence-corrected chi connectivity index (χ0v) is 25.7. The Morgan fingerprint density at radius 1 is 0.909 bits per heavy atom. The summed E-state index contributed by atoms with van der Waals surface area (Å²) in [5.74, 6) is -2.15. The van der Waals surface area contributed by atoms with Gasteiger partial charge in [0.25, 0.3) is 11.8 Å². The fourth-order valence-electron chi connectivity index (χ4n) is 5.14. The summed E-state index contributed by atoms with van der Waals surface area (Å²) in [5, 5.41) is 5.33. The van der Waals surface area contributed by atoms with Crippen LogP contribution >= 0.6 is 0 Å². The third-order valence-corrected chi connectivity index (χ3v) is 7.35. The molecule has 3 aliphatic rings. The number of piperidine rings is 1. The summed E-state index contributed by atoms with van der Waals surface area (Å²) in [6, 6.07) is 3.92. The van der Waals surface area contributed by atoms with E-state index < -0.39 is 35.3 Å². The molecule has 0 aromatic heterocycles. The lowest BCUT2D eigenvalue weighted by Crippen LogP contribution is -2.54. The first kappa shape index (κ1) is 33.3. The quantitative estimate of drug-likeness (QED) is 0.228. The van der Waals surface area contributed by atoms with Crippen molar-refractivity contribution in [2.75, 3.05) is 84.2 Å². The number of benzene rings is 1. The summed E-state index contributed by atoms with van der Waals surface area (Å²) >= 11 is 0. The first-order valence-electron chi connectivity index (χ1n) is 15.1. The van der Waals surface area contributed by atoms with Gasteiger partial charge >= 0.3 is 6.09 Å². The largest absolute Gasteiger partial charge is 0.444 e. The average Bonchev–Trinajstić information content (AvgIpc) is 3.23. The fraction of sp³-hybridized carbons (Fsp3) is 0.633. The second-order valence-corrected chi connectivity index (χ2v) is 11.7. The zero-order chi connectivity index (χ0) is 31.7. The standard InChI is InChI=1S/C30H43N5O9/c1-30(2,3)44-29(40)34-12-10-33(11-13-34)14-16-42-18-20-43-19-17-41-15-9-31-22-6-4-5-21-25(22)28(39)35(27(21)38)23-7-8-24(36)32-26(23)37/h4-6,23,31H,7-20H2,1-3H3,(H,32,36,37). The van der Waals surface area contributed by atoms with Crippen molar-refractivity contribution in [3.63, 3.8) is 0 Å². The minimum atomic E-state index is -1.00. The van der Waals surface area contributed by atoms with Crippen LogP contribution in [0.25, 0.3) is 0 Å². The molecule has 0 spiro atoms. The van der Waals surface area contributed by atoms with Crippen molar-refractivity contribution in [2.45, 2.75) is 45.3 Å². The van der Waals surface area contributed by atoms with Gasteiger partial charge in [0, 0.05) is 51.4 Å². The molecule has 0 bridgehead atoms. The SMILES string of the molecule is CC(C)(C)OC(=O)N1CCN(CCOCCOCCOCCNc2cccc3c2C(=O)N(C2CCC(=O)NC2=O)C3=O)CC1. The lowest BCUT2D eigenvalue weighted by molar-refractivity contribution is -0.136. The van der Waals surface area contributed by atoms with Crippen LogP contribution in [0.5, 0.6) is 0 Å². The molecular weight excluding hydrogens is 574 g/mol. The van der Waals surface area contributed by atoms with Crippen molar-refractivity contribution in [3.8, 4) is 0 Å². The third kappa shape index (κ3) is 8.97. The topological polar surface area (TPSA) is 156 Å². The normalized spacial score (nSPS) is 19.3. The van der Waals surface area contributed by atoms with Crippen LogP contribution in [0.2, 0.25) is 0 Å². The zero-order valence-electron chi connectivity index (χ0n) is 25.7. The molecule has 0 radical (unpaired) electrons. The molecule has 2 saturated heterocycles. The van der Waals surface area contributed by atoms with Gasteiger partial charge in [-0.3, -0.25) is 34.3 Å². The number of imide groups is 2. The molecule has 1 unspecified atom stereocenters. The van der Waals surface area contributed by atoms with E-state index in [-0.39, 0.29) is 30.1 Å². The maximum atomic E-state index is 13.1. The van der Waals surface area contributed by atoms with E-state index in [1.165, 1.54) is 0 Å². The van der Waals surface area contributed by atoms with Crippen molar-refractivity contribution in [3.05, 3.63) is 29.3 Å². The van der Waals surface area contributed by atoms with Crippen molar-refractivity contribution >= 4 is 35.4 Å². The number of hydrogen-bond acceptors (Lipinski definition) is 11. The molecule has 1 aromatic rings. The van der Waals surface area contributed by atoms with Crippen molar-refractivity contribution < 1.29 is 42.9 Å². The minimum Gasteiger partial charge on any atom is -0.444 e. The predicted molar refractivity (Wildman–Crippen MR) is 158 cm³/mol. The Morgan fingerprint density at radius 3 is 2.23 bits per heavy atom. The molecule has 44 heavy (non-hydrogen) atoms. The van der Waals surface area contributed by atoms with Crippen molar-refractivity contribution in [1.82, 2.24) is 20.0 Å². The van der Waals surface area contributed by atoms with Crippen LogP contribution in [0.3, 0.4) is 0 Å². The molecule has 1 aromatic carbocycles. The van der Waals surface area contributed by atoms with E-state index in [0.717, 1.165) is 24.5 Å². The number of anilines is 1. The predicted octanol–water partition coefficient (Wildman–Crippen LogP) is 1.10. The van der Waals surface area contributed by atoms with Gasteiger partial charge < -0.3 is 29.2 Å². The molecule has 2 fully saturated rings. The van der Waals surface area contributed by atoms with Crippen LogP contribution in [-0.4, -0.2) is 135 Å². The second-order valence-electron chi connectivity index (χ2n) is 11.7. The molecule has 3 aliphatic heterocycles. The Labute approximate surface area is 257 Å². The number of rotatable bonds is 14. The molecule has 242 valence electrons. The van der Waals surface area contributed by atoms with Gasteiger partial charge in [0.05, 0.1) is 50.8 Å². The van der Waals surface area contributed by atoms with Gasteiger partial charge in [-0.2, -0.15) is 0 Å². The first-order valence-corrected chi connectivity index (χ1v) is 15.1. The van der Waals surface area contributed by atoms with Crippen LogP contribution in [0, 0.1) is 0 Å². The van der Waals surface area contributed by atoms with Gasteiger partial charge in [0.15, 0.2) is 0 Å². The average molecular weight is 618 g/mol. The Hall–Kier alpha value is -3.59. The maximum Gasteiger partial charge on any atom is 0.410 e. The number of fused-ring (bicyclic) bond motifs is 1. The number of nitrogens with one attached hydrogen (secondary N) is 2. The smallest absolute Gasteiger partial charge is 0.410 e. The summed E-state index contributed by atoms with van der Waals surface area (Å²) in [6.07, 6.45) is -0.0859. The van der Waals surface area contributed by atoms with E-state index in [4.69, 9.17) is 18.9 Å². The molecule has 0 aliphatic carbocycles. The van der Waals surface area contributed by atoms with Crippen LogP contribution < -0.4 is 10.6 Å². The van der Waals surface area contributed by atoms with E-state index in [1.54, 1.807) is 23.1 Å². The molecule has 2 N–H and O–H groups in total. The molecule has 4 rings (SSSR count). The molecular formula is C30H43N5O9. The Bertz CT molecular complexity index is 1210. The van der Waals surface area contributed by atoms with E-state index >= 15 is 0 Å². The molecule has 0 saturated carbocycles. The molecule has 14 nitrogen and oxygen atoms in total. The number of ether oxygens (including phenoxy) is 4. The van der Waals surface area contributed by atoms with Crippen molar-refractivity contribution in [1.29, 1.82) is 0 Å². The summed E-state index contributed by atoms with van der Waals surface area (Å²) in [6.45, 7) is 12.3. The monoisotopic (exact) mass is 617 g/mol. The highest BCUT2D eigenvalue weighted by molar-refractivity contribution is 6.25. The second kappa shape index (κ2) is 15.4. The highest BCUT2D eigenvalue weighted by atomic mass is 16.6.